The summed E-state index contributed by atoms with van der Waals surface area (Å²) in [6, 6.07) is 12.0. The van der Waals surface area contributed by atoms with Gasteiger partial charge in [0, 0.05) is 16.1 Å². The van der Waals surface area contributed by atoms with Crippen LogP contribution in [-0.4, -0.2) is 12.5 Å². The van der Waals surface area contributed by atoms with Crippen molar-refractivity contribution in [2.75, 3.05) is 6.61 Å². The molecular weight excluding hydrogens is 345 g/mol. The van der Waals surface area contributed by atoms with Gasteiger partial charge in [-0.1, -0.05) is 46.9 Å². The highest BCUT2D eigenvalue weighted by atomic mass is 35.5. The second-order valence-corrected chi connectivity index (χ2v) is 5.99. The standard InChI is InChI=1S/C16H14Cl3NO2/c1-10(11-3-2-4-12(17)7-11)20-16(21)9-22-15-8-13(18)5-6-14(15)19/h2-8,10H,9H2,1H3,(H,20,21)/t10-/m1/s1. The summed E-state index contributed by atoms with van der Waals surface area (Å²) in [4.78, 5) is 11.9. The number of hydrogen-bond acceptors (Lipinski definition) is 2. The number of benzene rings is 2. The molecule has 6 heteroatoms. The van der Waals surface area contributed by atoms with Crippen molar-refractivity contribution in [3.63, 3.8) is 0 Å². The third-order valence-corrected chi connectivity index (χ3v) is 3.76. The molecule has 0 saturated heterocycles. The molecule has 3 nitrogen and oxygen atoms in total. The van der Waals surface area contributed by atoms with Crippen LogP contribution >= 0.6 is 34.8 Å². The Labute approximate surface area is 144 Å². The lowest BCUT2D eigenvalue weighted by Gasteiger charge is -2.15. The molecule has 0 unspecified atom stereocenters. The summed E-state index contributed by atoms with van der Waals surface area (Å²) in [6.07, 6.45) is 0. The van der Waals surface area contributed by atoms with Gasteiger partial charge in [0.05, 0.1) is 11.1 Å². The Morgan fingerprint density at radius 3 is 2.59 bits per heavy atom. The second-order valence-electron chi connectivity index (χ2n) is 4.71. The van der Waals surface area contributed by atoms with Crippen molar-refractivity contribution >= 4 is 40.7 Å². The van der Waals surface area contributed by atoms with E-state index in [1.807, 2.05) is 19.1 Å². The third-order valence-electron chi connectivity index (χ3n) is 2.98. The fourth-order valence-electron chi connectivity index (χ4n) is 1.87. The van der Waals surface area contributed by atoms with Gasteiger partial charge in [-0.25, -0.2) is 0 Å². The Bertz CT molecular complexity index is 676. The summed E-state index contributed by atoms with van der Waals surface area (Å²) in [5.41, 5.74) is 0.918. The summed E-state index contributed by atoms with van der Waals surface area (Å²) in [5.74, 6) is 0.114. The Hall–Kier alpha value is -1.42. The molecule has 0 saturated carbocycles. The lowest BCUT2D eigenvalue weighted by Crippen LogP contribution is -2.31. The summed E-state index contributed by atoms with van der Waals surface area (Å²) in [5, 5.41) is 4.35. The molecule has 2 aromatic carbocycles. The molecular formula is C16H14Cl3NO2. The first-order valence-electron chi connectivity index (χ1n) is 6.58. The molecule has 0 fully saturated rings. The predicted molar refractivity (Wildman–Crippen MR) is 90.0 cm³/mol. The third kappa shape index (κ3) is 4.80. The molecule has 2 aromatic rings. The second kappa shape index (κ2) is 7.73. The van der Waals surface area contributed by atoms with Crippen LogP contribution in [0.15, 0.2) is 42.5 Å². The minimum atomic E-state index is -0.261. The number of ether oxygens (including phenoxy) is 1. The van der Waals surface area contributed by atoms with E-state index in [-0.39, 0.29) is 18.6 Å². The number of amides is 1. The SMILES string of the molecule is C[C@@H](NC(=O)COc1cc(Cl)ccc1Cl)c1cccc(Cl)c1. The molecule has 1 amide bonds. The summed E-state index contributed by atoms with van der Waals surface area (Å²) in [6.45, 7) is 1.72. The number of rotatable bonds is 5. The van der Waals surface area contributed by atoms with E-state index in [1.165, 1.54) is 0 Å². The zero-order chi connectivity index (χ0) is 16.1. The zero-order valence-electron chi connectivity index (χ0n) is 11.8. The van der Waals surface area contributed by atoms with Crippen LogP contribution in [0.25, 0.3) is 0 Å². The highest BCUT2D eigenvalue weighted by Crippen LogP contribution is 2.27. The van der Waals surface area contributed by atoms with Gasteiger partial charge in [-0.05, 0) is 36.8 Å². The van der Waals surface area contributed by atoms with Crippen molar-refractivity contribution in [2.24, 2.45) is 0 Å². The number of nitrogens with one attached hydrogen (secondary N) is 1. The van der Waals surface area contributed by atoms with Gasteiger partial charge in [-0.3, -0.25) is 4.79 Å². The van der Waals surface area contributed by atoms with Crippen molar-refractivity contribution in [1.82, 2.24) is 5.32 Å². The summed E-state index contributed by atoms with van der Waals surface area (Å²) < 4.78 is 5.39. The smallest absolute Gasteiger partial charge is 0.258 e. The van der Waals surface area contributed by atoms with E-state index in [9.17, 15) is 4.79 Å². The topological polar surface area (TPSA) is 38.3 Å². The van der Waals surface area contributed by atoms with Crippen molar-refractivity contribution in [3.05, 3.63) is 63.1 Å². The van der Waals surface area contributed by atoms with Gasteiger partial charge < -0.3 is 10.1 Å². The first-order valence-corrected chi connectivity index (χ1v) is 7.72. The van der Waals surface area contributed by atoms with Crippen molar-refractivity contribution in [3.8, 4) is 5.75 Å². The highest BCUT2D eigenvalue weighted by molar-refractivity contribution is 6.34. The van der Waals surface area contributed by atoms with Crippen molar-refractivity contribution < 1.29 is 9.53 Å². The average molecular weight is 359 g/mol. The maximum atomic E-state index is 11.9. The molecule has 116 valence electrons. The van der Waals surface area contributed by atoms with Gasteiger partial charge in [-0.2, -0.15) is 0 Å². The predicted octanol–water partition coefficient (Wildman–Crippen LogP) is 4.90. The number of halogens is 3. The number of hydrogen-bond donors (Lipinski definition) is 1. The quantitative estimate of drug-likeness (QED) is 0.825. The van der Waals surface area contributed by atoms with Crippen LogP contribution in [0, 0.1) is 0 Å². The van der Waals surface area contributed by atoms with Gasteiger partial charge in [0.25, 0.3) is 5.91 Å². The lowest BCUT2D eigenvalue weighted by atomic mass is 10.1. The van der Waals surface area contributed by atoms with Crippen LogP contribution in [0.4, 0.5) is 0 Å². The fourth-order valence-corrected chi connectivity index (χ4v) is 2.41. The summed E-state index contributed by atoms with van der Waals surface area (Å²) in [7, 11) is 0. The average Bonchev–Trinajstić information content (AvgIpc) is 2.48. The van der Waals surface area contributed by atoms with Crippen molar-refractivity contribution in [2.45, 2.75) is 13.0 Å². The minimum absolute atomic E-state index is 0.148. The van der Waals surface area contributed by atoms with Crippen LogP contribution in [0.2, 0.25) is 15.1 Å². The molecule has 0 radical (unpaired) electrons. The first-order chi connectivity index (χ1) is 10.5. The van der Waals surface area contributed by atoms with Crippen LogP contribution in [0.3, 0.4) is 0 Å². The van der Waals surface area contributed by atoms with Crippen molar-refractivity contribution in [1.29, 1.82) is 0 Å². The summed E-state index contributed by atoms with van der Waals surface area (Å²) >= 11 is 17.8. The molecule has 2 rings (SSSR count). The van der Waals surface area contributed by atoms with Gasteiger partial charge in [0.15, 0.2) is 6.61 Å². The Morgan fingerprint density at radius 2 is 1.86 bits per heavy atom. The molecule has 0 bridgehead atoms. The molecule has 1 atom stereocenters. The van der Waals surface area contributed by atoms with E-state index >= 15 is 0 Å². The molecule has 0 heterocycles. The lowest BCUT2D eigenvalue weighted by molar-refractivity contribution is -0.123. The molecule has 22 heavy (non-hydrogen) atoms. The molecule has 0 aliphatic heterocycles. The molecule has 0 spiro atoms. The maximum Gasteiger partial charge on any atom is 0.258 e. The maximum absolute atomic E-state index is 11.9. The van der Waals surface area contributed by atoms with Crippen LogP contribution in [0.5, 0.6) is 5.75 Å². The van der Waals surface area contributed by atoms with Crippen LogP contribution in [-0.2, 0) is 4.79 Å². The normalized spacial score (nSPS) is 11.8. The Kier molecular flexibility index (Phi) is 5.95. The highest BCUT2D eigenvalue weighted by Gasteiger charge is 2.11. The Morgan fingerprint density at radius 1 is 1.14 bits per heavy atom. The van der Waals surface area contributed by atoms with Crippen LogP contribution < -0.4 is 10.1 Å². The van der Waals surface area contributed by atoms with Gasteiger partial charge in [0.2, 0.25) is 0 Å². The monoisotopic (exact) mass is 357 g/mol. The Balaban J connectivity index is 1.91. The van der Waals surface area contributed by atoms with E-state index in [0.717, 1.165) is 5.56 Å². The molecule has 1 N–H and O–H groups in total. The number of carbonyl (C=O) groups is 1. The van der Waals surface area contributed by atoms with E-state index in [2.05, 4.69) is 5.32 Å². The van der Waals surface area contributed by atoms with E-state index < -0.39 is 0 Å². The number of carbonyl (C=O) groups excluding carboxylic acids is 1. The van der Waals surface area contributed by atoms with E-state index in [1.54, 1.807) is 30.3 Å². The minimum Gasteiger partial charge on any atom is -0.482 e. The first kappa shape index (κ1) is 16.9. The van der Waals surface area contributed by atoms with E-state index in [0.29, 0.717) is 20.8 Å². The zero-order valence-corrected chi connectivity index (χ0v) is 14.0. The van der Waals surface area contributed by atoms with Crippen LogP contribution in [0.1, 0.15) is 18.5 Å². The van der Waals surface area contributed by atoms with Gasteiger partial charge in [-0.15, -0.1) is 0 Å². The fraction of sp³-hybridized carbons (Fsp3) is 0.188. The largest absolute Gasteiger partial charge is 0.482 e. The molecule has 0 aliphatic rings. The molecule has 0 aliphatic carbocycles. The molecule has 0 aromatic heterocycles. The van der Waals surface area contributed by atoms with Gasteiger partial charge >= 0.3 is 0 Å². The van der Waals surface area contributed by atoms with E-state index in [4.69, 9.17) is 39.5 Å². The van der Waals surface area contributed by atoms with Gasteiger partial charge in [0.1, 0.15) is 5.75 Å².